The van der Waals surface area contributed by atoms with Crippen molar-refractivity contribution in [2.45, 2.75) is 13.8 Å². The number of amides is 1. The molecule has 0 bridgehead atoms. The van der Waals surface area contributed by atoms with Gasteiger partial charge in [-0.2, -0.15) is 0 Å². The number of para-hydroxylation sites is 1. The number of carbonyl (C=O) groups is 1. The smallest absolute Gasteiger partial charge is 0.260 e. The van der Waals surface area contributed by atoms with Crippen molar-refractivity contribution in [3.8, 4) is 11.5 Å². The maximum absolute atomic E-state index is 13.7. The van der Waals surface area contributed by atoms with E-state index in [-0.39, 0.29) is 5.91 Å². The van der Waals surface area contributed by atoms with Crippen LogP contribution in [0.4, 0.5) is 5.13 Å². The van der Waals surface area contributed by atoms with Crippen LogP contribution in [0.5, 0.6) is 11.5 Å². The van der Waals surface area contributed by atoms with Crippen molar-refractivity contribution >= 4 is 44.2 Å². The molecule has 0 spiro atoms. The van der Waals surface area contributed by atoms with E-state index in [1.165, 1.54) is 11.3 Å². The predicted octanol–water partition coefficient (Wildman–Crippen LogP) is 6.73. The molecule has 1 heterocycles. The predicted molar refractivity (Wildman–Crippen MR) is 137 cm³/mol. The van der Waals surface area contributed by atoms with E-state index in [1.807, 2.05) is 66.7 Å². The molecule has 0 unspecified atom stereocenters. The first-order valence-electron chi connectivity index (χ1n) is 11.0. The molecule has 0 aliphatic carbocycles. The van der Waals surface area contributed by atoms with Crippen LogP contribution in [-0.2, 0) is 0 Å². The van der Waals surface area contributed by atoms with Gasteiger partial charge in [0.25, 0.3) is 5.91 Å². The van der Waals surface area contributed by atoms with Crippen LogP contribution in [0.1, 0.15) is 24.2 Å². The zero-order chi connectivity index (χ0) is 23.2. The summed E-state index contributed by atoms with van der Waals surface area (Å²) in [4.78, 5) is 22.5. The fraction of sp³-hybridized carbons (Fsp3) is 0.231. The molecule has 0 saturated carbocycles. The fourth-order valence-electron chi connectivity index (χ4n) is 3.54. The Balaban J connectivity index is 1.64. The van der Waals surface area contributed by atoms with Crippen molar-refractivity contribution in [2.75, 3.05) is 31.1 Å². The molecule has 3 aromatic carbocycles. The van der Waals surface area contributed by atoms with E-state index in [0.29, 0.717) is 28.0 Å². The highest BCUT2D eigenvalue weighted by molar-refractivity contribution is 7.22. The summed E-state index contributed by atoms with van der Waals surface area (Å²) in [7, 11) is 0. The number of thiazole rings is 1. The molecule has 0 atom stereocenters. The average molecular weight is 480 g/mol. The molecule has 1 amide bonds. The average Bonchev–Trinajstić information content (AvgIpc) is 3.25. The number of ether oxygens (including phenoxy) is 1. The lowest BCUT2D eigenvalue weighted by Gasteiger charge is -2.25. The maximum atomic E-state index is 13.7. The zero-order valence-electron chi connectivity index (χ0n) is 18.7. The Bertz CT molecular complexity index is 1220. The number of carbonyl (C=O) groups excluding carboxylic acids is 1. The quantitative estimate of drug-likeness (QED) is 0.267. The van der Waals surface area contributed by atoms with Crippen LogP contribution in [0.25, 0.3) is 10.2 Å². The van der Waals surface area contributed by atoms with E-state index in [2.05, 4.69) is 18.7 Å². The standard InChI is InChI=1S/C26H26ClN3O2S/c1-3-29(4-2)15-16-30(26-28-23-14-13-20(27)18-24(23)33-26)25(31)19-9-8-12-22(17-19)32-21-10-6-5-7-11-21/h5-14,17-18H,3-4,15-16H2,1-2H3. The van der Waals surface area contributed by atoms with E-state index in [0.717, 1.165) is 35.6 Å². The van der Waals surface area contributed by atoms with Gasteiger partial charge in [0.05, 0.1) is 10.2 Å². The summed E-state index contributed by atoms with van der Waals surface area (Å²) in [5, 5.41) is 1.32. The third kappa shape index (κ3) is 5.71. The van der Waals surface area contributed by atoms with Gasteiger partial charge in [-0.25, -0.2) is 4.98 Å². The minimum absolute atomic E-state index is 0.106. The highest BCUT2D eigenvalue weighted by atomic mass is 35.5. The van der Waals surface area contributed by atoms with Crippen molar-refractivity contribution in [3.63, 3.8) is 0 Å². The summed E-state index contributed by atoms with van der Waals surface area (Å²) in [5.41, 5.74) is 1.39. The van der Waals surface area contributed by atoms with Crippen molar-refractivity contribution < 1.29 is 9.53 Å². The summed E-state index contributed by atoms with van der Waals surface area (Å²) in [6.07, 6.45) is 0. The molecule has 170 valence electrons. The van der Waals surface area contributed by atoms with E-state index < -0.39 is 0 Å². The van der Waals surface area contributed by atoms with Crippen LogP contribution >= 0.6 is 22.9 Å². The number of fused-ring (bicyclic) bond motifs is 1. The highest BCUT2D eigenvalue weighted by Crippen LogP contribution is 2.32. The number of aromatic nitrogens is 1. The third-order valence-corrected chi connectivity index (χ3v) is 6.69. The summed E-state index contributed by atoms with van der Waals surface area (Å²) in [6, 6.07) is 22.4. The number of rotatable bonds is 9. The Hall–Kier alpha value is -2.93. The van der Waals surface area contributed by atoms with E-state index in [9.17, 15) is 4.79 Å². The first-order chi connectivity index (χ1) is 16.1. The molecule has 5 nitrogen and oxygen atoms in total. The number of hydrogen-bond donors (Lipinski definition) is 0. The van der Waals surface area contributed by atoms with Crippen molar-refractivity contribution in [1.82, 2.24) is 9.88 Å². The Kier molecular flexibility index (Phi) is 7.60. The van der Waals surface area contributed by atoms with E-state index >= 15 is 0 Å². The Morgan fingerprint density at radius 1 is 0.939 bits per heavy atom. The zero-order valence-corrected chi connectivity index (χ0v) is 20.3. The van der Waals surface area contributed by atoms with Gasteiger partial charge in [0.1, 0.15) is 11.5 Å². The van der Waals surface area contributed by atoms with Crippen LogP contribution in [-0.4, -0.2) is 42.0 Å². The molecule has 4 rings (SSSR count). The van der Waals surface area contributed by atoms with E-state index in [4.69, 9.17) is 21.3 Å². The molecular formula is C26H26ClN3O2S. The van der Waals surface area contributed by atoms with Crippen LogP contribution in [0.2, 0.25) is 5.02 Å². The second-order valence-electron chi connectivity index (χ2n) is 7.54. The molecule has 7 heteroatoms. The summed E-state index contributed by atoms with van der Waals surface area (Å²) >= 11 is 7.64. The van der Waals surface area contributed by atoms with Crippen molar-refractivity contribution in [2.24, 2.45) is 0 Å². The third-order valence-electron chi connectivity index (χ3n) is 5.41. The van der Waals surface area contributed by atoms with Crippen LogP contribution in [0.3, 0.4) is 0 Å². The SMILES string of the molecule is CCN(CC)CCN(C(=O)c1cccc(Oc2ccccc2)c1)c1nc2ccc(Cl)cc2s1. The summed E-state index contributed by atoms with van der Waals surface area (Å²) in [5.74, 6) is 1.24. The minimum atomic E-state index is -0.106. The molecule has 0 aliphatic heterocycles. The Labute approximate surface area is 203 Å². The topological polar surface area (TPSA) is 45.7 Å². The van der Waals surface area contributed by atoms with Gasteiger partial charge in [0.15, 0.2) is 5.13 Å². The fourth-order valence-corrected chi connectivity index (χ4v) is 4.81. The lowest BCUT2D eigenvalue weighted by atomic mass is 10.2. The van der Waals surface area contributed by atoms with Gasteiger partial charge in [-0.3, -0.25) is 9.69 Å². The van der Waals surface area contributed by atoms with Crippen molar-refractivity contribution in [1.29, 1.82) is 0 Å². The first kappa shape index (κ1) is 23.2. The van der Waals surface area contributed by atoms with Crippen LogP contribution < -0.4 is 9.64 Å². The number of anilines is 1. The normalized spacial score (nSPS) is 11.2. The number of halogens is 1. The highest BCUT2D eigenvalue weighted by Gasteiger charge is 2.22. The van der Waals surface area contributed by atoms with Gasteiger partial charge in [0.2, 0.25) is 0 Å². The van der Waals surface area contributed by atoms with Gasteiger partial charge in [-0.05, 0) is 61.6 Å². The van der Waals surface area contributed by atoms with Crippen LogP contribution in [0.15, 0.2) is 72.8 Å². The lowest BCUT2D eigenvalue weighted by molar-refractivity contribution is 0.0983. The van der Waals surface area contributed by atoms with Gasteiger partial charge < -0.3 is 9.64 Å². The molecule has 0 radical (unpaired) electrons. The Morgan fingerprint density at radius 2 is 1.70 bits per heavy atom. The second-order valence-corrected chi connectivity index (χ2v) is 8.98. The van der Waals surface area contributed by atoms with Crippen LogP contribution in [0, 0.1) is 0 Å². The lowest BCUT2D eigenvalue weighted by Crippen LogP contribution is -2.38. The largest absolute Gasteiger partial charge is 0.457 e. The Morgan fingerprint density at radius 3 is 2.45 bits per heavy atom. The number of hydrogen-bond acceptors (Lipinski definition) is 5. The number of likely N-dealkylation sites (N-methyl/N-ethyl adjacent to an activating group) is 1. The monoisotopic (exact) mass is 479 g/mol. The van der Waals surface area contributed by atoms with E-state index in [1.54, 1.807) is 11.0 Å². The first-order valence-corrected chi connectivity index (χ1v) is 12.2. The minimum Gasteiger partial charge on any atom is -0.457 e. The summed E-state index contributed by atoms with van der Waals surface area (Å²) in [6.45, 7) is 7.40. The molecule has 0 aliphatic rings. The molecule has 0 N–H and O–H groups in total. The summed E-state index contributed by atoms with van der Waals surface area (Å²) < 4.78 is 6.90. The molecule has 33 heavy (non-hydrogen) atoms. The molecule has 0 fully saturated rings. The van der Waals surface area contributed by atoms with Gasteiger partial charge in [-0.1, -0.05) is 61.1 Å². The molecule has 4 aromatic rings. The molecular weight excluding hydrogens is 454 g/mol. The molecule has 1 aromatic heterocycles. The number of nitrogens with zero attached hydrogens (tertiary/aromatic N) is 3. The second kappa shape index (κ2) is 10.8. The van der Waals surface area contributed by atoms with Gasteiger partial charge in [-0.15, -0.1) is 0 Å². The van der Waals surface area contributed by atoms with Gasteiger partial charge in [0, 0.05) is 23.7 Å². The molecule has 0 saturated heterocycles. The van der Waals surface area contributed by atoms with Gasteiger partial charge >= 0.3 is 0 Å². The number of benzene rings is 3. The maximum Gasteiger partial charge on any atom is 0.260 e. The van der Waals surface area contributed by atoms with Crippen molar-refractivity contribution in [3.05, 3.63) is 83.4 Å².